The second-order valence-corrected chi connectivity index (χ2v) is 9.37. The zero-order valence-electron chi connectivity index (χ0n) is 17.5. The predicted molar refractivity (Wildman–Crippen MR) is 127 cm³/mol. The van der Waals surface area contributed by atoms with Crippen LogP contribution >= 0.6 is 11.6 Å². The molecule has 2 heterocycles. The average molecular weight is 512 g/mol. The van der Waals surface area contributed by atoms with E-state index >= 15 is 0 Å². The van der Waals surface area contributed by atoms with Gasteiger partial charge in [-0.25, -0.2) is 13.2 Å². The molecule has 1 amide bonds. The fraction of sp³-hybridized carbons (Fsp3) is 0. The normalized spacial score (nSPS) is 11.5. The van der Waals surface area contributed by atoms with Crippen LogP contribution in [0.5, 0.6) is 0 Å². The summed E-state index contributed by atoms with van der Waals surface area (Å²) in [7, 11) is -3.81. The van der Waals surface area contributed by atoms with Crippen molar-refractivity contribution in [2.75, 3.05) is 10.0 Å². The molecule has 5 aromatic rings. The summed E-state index contributed by atoms with van der Waals surface area (Å²) in [6.07, 6.45) is 0. The van der Waals surface area contributed by atoms with Crippen LogP contribution in [-0.4, -0.2) is 29.6 Å². The maximum atomic E-state index is 13.0. The van der Waals surface area contributed by atoms with Crippen LogP contribution in [0.1, 0.15) is 10.5 Å². The van der Waals surface area contributed by atoms with Crippen LogP contribution < -0.4 is 15.8 Å². The van der Waals surface area contributed by atoms with Gasteiger partial charge in [-0.2, -0.15) is 0 Å². The van der Waals surface area contributed by atoms with Gasteiger partial charge in [0.2, 0.25) is 0 Å². The lowest BCUT2D eigenvalue weighted by atomic mass is 10.1. The van der Waals surface area contributed by atoms with Crippen molar-refractivity contribution in [2.24, 2.45) is 0 Å². The van der Waals surface area contributed by atoms with Gasteiger partial charge in [-0.1, -0.05) is 40.1 Å². The van der Waals surface area contributed by atoms with Gasteiger partial charge < -0.3 is 9.84 Å². The van der Waals surface area contributed by atoms with Crippen molar-refractivity contribution in [1.82, 2.24) is 15.3 Å². The maximum Gasteiger partial charge on any atom is 0.439 e. The number of aromatic nitrogens is 3. The topological polar surface area (TPSA) is 160 Å². The molecule has 0 fully saturated rings. The van der Waals surface area contributed by atoms with E-state index < -0.39 is 21.7 Å². The zero-order valence-corrected chi connectivity index (χ0v) is 19.1. The number of hydrogen-bond acceptors (Lipinski definition) is 8. The van der Waals surface area contributed by atoms with Gasteiger partial charge in [0.05, 0.1) is 21.7 Å². The third kappa shape index (κ3) is 4.52. The molecule has 0 atom stereocenters. The average Bonchev–Trinajstić information content (AvgIpc) is 3.46. The second-order valence-electron chi connectivity index (χ2n) is 7.25. The number of aromatic amines is 1. The van der Waals surface area contributed by atoms with Crippen molar-refractivity contribution < 1.29 is 22.3 Å². The highest BCUT2D eigenvalue weighted by molar-refractivity contribution is 7.92. The van der Waals surface area contributed by atoms with E-state index in [1.807, 2.05) is 0 Å². The van der Waals surface area contributed by atoms with E-state index in [0.717, 1.165) is 0 Å². The highest BCUT2D eigenvalue weighted by atomic mass is 35.5. The molecule has 0 bridgehead atoms. The molecule has 5 rings (SSSR count). The molecule has 176 valence electrons. The summed E-state index contributed by atoms with van der Waals surface area (Å²) in [6.45, 7) is 0. The molecular formula is C22H14ClN5O6S. The number of hydrogen-bond donors (Lipinski definition) is 3. The molecule has 0 radical (unpaired) electrons. The van der Waals surface area contributed by atoms with Gasteiger partial charge in [-0.3, -0.25) is 19.0 Å². The number of carbonyl (C=O) groups excluding carboxylic acids is 1. The molecule has 0 saturated heterocycles. The number of anilines is 2. The monoisotopic (exact) mass is 511 g/mol. The molecule has 0 aliphatic carbocycles. The Kier molecular flexibility index (Phi) is 5.59. The molecule has 35 heavy (non-hydrogen) atoms. The minimum Gasteiger partial charge on any atom is -0.355 e. The molecule has 11 nitrogen and oxygen atoms in total. The van der Waals surface area contributed by atoms with Crippen LogP contribution in [0.25, 0.3) is 22.4 Å². The Morgan fingerprint density at radius 1 is 0.971 bits per heavy atom. The lowest BCUT2D eigenvalue weighted by molar-refractivity contribution is 0.102. The minimum absolute atomic E-state index is 0.0352. The number of H-pyrrole nitrogens is 1. The number of benzene rings is 3. The summed E-state index contributed by atoms with van der Waals surface area (Å²) in [6, 6.07) is 16.9. The first kappa shape index (κ1) is 22.4. The SMILES string of the molecule is O=C(Nc1ccc(Cl)cc1-c1noc(=O)[nH]1)c1noc2cc(NS(=O)(=O)c3ccccc3)ccc12. The van der Waals surface area contributed by atoms with Crippen molar-refractivity contribution in [3.05, 3.63) is 88.0 Å². The number of sulfonamides is 1. The van der Waals surface area contributed by atoms with Gasteiger partial charge in [-0.15, -0.1) is 0 Å². The molecule has 3 N–H and O–H groups in total. The van der Waals surface area contributed by atoms with E-state index in [1.54, 1.807) is 24.3 Å². The van der Waals surface area contributed by atoms with Crippen molar-refractivity contribution in [2.45, 2.75) is 4.90 Å². The van der Waals surface area contributed by atoms with E-state index in [9.17, 15) is 18.0 Å². The molecule has 0 aliphatic rings. The van der Waals surface area contributed by atoms with Crippen LogP contribution in [0.4, 0.5) is 11.4 Å². The highest BCUT2D eigenvalue weighted by Gasteiger charge is 2.21. The van der Waals surface area contributed by atoms with Gasteiger partial charge in [0.1, 0.15) is 0 Å². The van der Waals surface area contributed by atoms with Crippen LogP contribution in [0.3, 0.4) is 0 Å². The number of nitrogens with zero attached hydrogens (tertiary/aromatic N) is 2. The second kappa shape index (κ2) is 8.74. The van der Waals surface area contributed by atoms with Crippen LogP contribution in [0, 0.1) is 0 Å². The molecule has 0 saturated carbocycles. The number of halogens is 1. The number of fused-ring (bicyclic) bond motifs is 1. The molecule has 3 aromatic carbocycles. The lowest BCUT2D eigenvalue weighted by Crippen LogP contribution is -2.14. The first-order chi connectivity index (χ1) is 16.8. The third-order valence-corrected chi connectivity index (χ3v) is 6.55. The quantitative estimate of drug-likeness (QED) is 0.309. The Hall–Kier alpha value is -4.42. The van der Waals surface area contributed by atoms with E-state index in [-0.39, 0.29) is 33.4 Å². The van der Waals surface area contributed by atoms with E-state index in [1.165, 1.54) is 42.5 Å². The predicted octanol–water partition coefficient (Wildman–Crippen LogP) is 3.88. The van der Waals surface area contributed by atoms with Gasteiger partial charge in [0.15, 0.2) is 17.1 Å². The van der Waals surface area contributed by atoms with Crippen molar-refractivity contribution in [3.63, 3.8) is 0 Å². The molecule has 0 spiro atoms. The standard InChI is InChI=1S/C22H14ClN5O6S/c23-12-6-9-17(16(10-12)20-25-22(30)34-27-20)24-21(29)19-15-8-7-13(11-18(15)33-26-19)28-35(31,32)14-4-2-1-3-5-14/h1-11,28H,(H,24,29)(H,25,27,30). The van der Waals surface area contributed by atoms with E-state index in [2.05, 4.69) is 29.9 Å². The van der Waals surface area contributed by atoms with Crippen molar-refractivity contribution >= 4 is 49.9 Å². The molecular weight excluding hydrogens is 498 g/mol. The Labute approximate surface area is 201 Å². The highest BCUT2D eigenvalue weighted by Crippen LogP contribution is 2.30. The summed E-state index contributed by atoms with van der Waals surface area (Å²) in [5, 5.41) is 10.8. The van der Waals surface area contributed by atoms with Gasteiger partial charge in [-0.05, 0) is 42.5 Å². The number of nitrogens with one attached hydrogen (secondary N) is 3. The smallest absolute Gasteiger partial charge is 0.355 e. The molecule has 13 heteroatoms. The summed E-state index contributed by atoms with van der Waals surface area (Å²) in [5.41, 5.74) is 1.00. The Morgan fingerprint density at radius 3 is 2.51 bits per heavy atom. The Balaban J connectivity index is 1.42. The number of carbonyl (C=O) groups is 1. The number of amides is 1. The molecule has 0 aliphatic heterocycles. The van der Waals surface area contributed by atoms with Crippen LogP contribution in [0.15, 0.2) is 85.5 Å². The Bertz CT molecular complexity index is 1730. The maximum absolute atomic E-state index is 13.0. The van der Waals surface area contributed by atoms with Crippen LogP contribution in [0.2, 0.25) is 5.02 Å². The minimum atomic E-state index is -3.81. The first-order valence-corrected chi connectivity index (χ1v) is 11.8. The van der Waals surface area contributed by atoms with Crippen molar-refractivity contribution in [1.29, 1.82) is 0 Å². The third-order valence-electron chi connectivity index (χ3n) is 4.92. The van der Waals surface area contributed by atoms with E-state index in [4.69, 9.17) is 16.1 Å². The molecule has 2 aromatic heterocycles. The Morgan fingerprint density at radius 2 is 1.77 bits per heavy atom. The summed E-state index contributed by atoms with van der Waals surface area (Å²) >= 11 is 6.05. The van der Waals surface area contributed by atoms with Gasteiger partial charge in [0, 0.05) is 16.7 Å². The van der Waals surface area contributed by atoms with E-state index in [0.29, 0.717) is 16.0 Å². The molecule has 0 unspecified atom stereocenters. The first-order valence-electron chi connectivity index (χ1n) is 9.95. The van der Waals surface area contributed by atoms with Crippen LogP contribution in [-0.2, 0) is 10.0 Å². The van der Waals surface area contributed by atoms with Gasteiger partial charge in [0.25, 0.3) is 15.9 Å². The summed E-state index contributed by atoms with van der Waals surface area (Å²) in [4.78, 5) is 26.8. The summed E-state index contributed by atoms with van der Waals surface area (Å²) in [5.74, 6) is -1.30. The largest absolute Gasteiger partial charge is 0.439 e. The fourth-order valence-electron chi connectivity index (χ4n) is 3.33. The lowest BCUT2D eigenvalue weighted by Gasteiger charge is -2.09. The fourth-order valence-corrected chi connectivity index (χ4v) is 4.57. The summed E-state index contributed by atoms with van der Waals surface area (Å²) < 4.78 is 37.4. The van der Waals surface area contributed by atoms with Crippen molar-refractivity contribution in [3.8, 4) is 11.4 Å². The van der Waals surface area contributed by atoms with Gasteiger partial charge >= 0.3 is 5.76 Å². The zero-order chi connectivity index (χ0) is 24.6. The number of rotatable bonds is 6.